The third kappa shape index (κ3) is 2.14. The molecule has 0 spiro atoms. The number of para-hydroxylation sites is 1. The van der Waals surface area contributed by atoms with Crippen molar-refractivity contribution < 1.29 is 5.11 Å². The summed E-state index contributed by atoms with van der Waals surface area (Å²) in [5, 5.41) is 10.8. The molecule has 0 aliphatic carbocycles. The van der Waals surface area contributed by atoms with Crippen LogP contribution in [0.2, 0.25) is 0 Å². The van der Waals surface area contributed by atoms with Gasteiger partial charge in [0.15, 0.2) is 0 Å². The molecular formula is C14H16N2O2. The van der Waals surface area contributed by atoms with Crippen LogP contribution in [0.15, 0.2) is 34.1 Å². The molecular weight excluding hydrogens is 228 g/mol. The number of nitrogens with one attached hydrogen (secondary N) is 1. The molecule has 0 amide bonds. The highest BCUT2D eigenvalue weighted by Gasteiger charge is 2.13. The smallest absolute Gasteiger partial charge is 0.261 e. The van der Waals surface area contributed by atoms with E-state index in [-0.39, 0.29) is 16.9 Å². The number of fused-ring (bicyclic) bond motifs is 1. The number of aliphatic imine (C=N–C) groups is 1. The van der Waals surface area contributed by atoms with Gasteiger partial charge in [-0.05, 0) is 25.5 Å². The Labute approximate surface area is 105 Å². The predicted molar refractivity (Wildman–Crippen MR) is 73.6 cm³/mol. The molecule has 0 aliphatic heterocycles. The number of H-pyrrole nitrogens is 1. The van der Waals surface area contributed by atoms with Gasteiger partial charge in [-0.2, -0.15) is 0 Å². The quantitative estimate of drug-likeness (QED) is 0.814. The fraction of sp³-hybridized carbons (Fsp3) is 0.286. The lowest BCUT2D eigenvalue weighted by Crippen LogP contribution is -2.17. The first-order valence-electron chi connectivity index (χ1n) is 6.00. The maximum atomic E-state index is 12.0. The highest BCUT2D eigenvalue weighted by atomic mass is 16.3. The summed E-state index contributed by atoms with van der Waals surface area (Å²) < 4.78 is 0. The van der Waals surface area contributed by atoms with Crippen LogP contribution in [0.5, 0.6) is 5.75 Å². The molecule has 0 atom stereocenters. The van der Waals surface area contributed by atoms with Gasteiger partial charge >= 0.3 is 0 Å². The minimum Gasteiger partial charge on any atom is -0.506 e. The fourth-order valence-electron chi connectivity index (χ4n) is 1.92. The monoisotopic (exact) mass is 244 g/mol. The number of nitrogens with zero attached hydrogens (tertiary/aromatic N) is 1. The summed E-state index contributed by atoms with van der Waals surface area (Å²) in [6, 6.07) is 7.17. The number of hydrogen-bond donors (Lipinski definition) is 2. The lowest BCUT2D eigenvalue weighted by molar-refractivity contribution is 0.479. The maximum absolute atomic E-state index is 12.0. The lowest BCUT2D eigenvalue weighted by atomic mass is 10.1. The summed E-state index contributed by atoms with van der Waals surface area (Å²) in [4.78, 5) is 19.0. The molecule has 94 valence electrons. The second-order valence-corrected chi connectivity index (χ2v) is 4.19. The molecule has 4 nitrogen and oxygen atoms in total. The Morgan fingerprint density at radius 3 is 2.83 bits per heavy atom. The van der Waals surface area contributed by atoms with Crippen molar-refractivity contribution in [1.29, 1.82) is 0 Å². The summed E-state index contributed by atoms with van der Waals surface area (Å²) in [6.07, 6.45) is 0.906. The zero-order chi connectivity index (χ0) is 13.1. The number of aromatic nitrogens is 1. The molecule has 0 saturated carbocycles. The fourth-order valence-corrected chi connectivity index (χ4v) is 1.92. The molecule has 0 aliphatic rings. The van der Waals surface area contributed by atoms with E-state index < -0.39 is 0 Å². The predicted octanol–water partition coefficient (Wildman–Crippen LogP) is 2.45. The first-order chi connectivity index (χ1) is 8.65. The van der Waals surface area contributed by atoms with Crippen molar-refractivity contribution in [2.24, 2.45) is 4.99 Å². The molecule has 0 fully saturated rings. The van der Waals surface area contributed by atoms with E-state index in [2.05, 4.69) is 9.98 Å². The minimum absolute atomic E-state index is 0.00621. The van der Waals surface area contributed by atoms with Crippen LogP contribution in [0, 0.1) is 0 Å². The number of benzene rings is 1. The van der Waals surface area contributed by atoms with Crippen molar-refractivity contribution in [3.63, 3.8) is 0 Å². The summed E-state index contributed by atoms with van der Waals surface area (Å²) in [5.74, 6) is 0.00621. The molecule has 4 heteroatoms. The Kier molecular flexibility index (Phi) is 3.46. The molecule has 1 aromatic carbocycles. The highest BCUT2D eigenvalue weighted by molar-refractivity contribution is 6.05. The zero-order valence-electron chi connectivity index (χ0n) is 10.5. The van der Waals surface area contributed by atoms with E-state index in [4.69, 9.17) is 0 Å². The van der Waals surface area contributed by atoms with E-state index >= 15 is 0 Å². The van der Waals surface area contributed by atoms with E-state index in [1.165, 1.54) is 0 Å². The summed E-state index contributed by atoms with van der Waals surface area (Å²) >= 11 is 0. The van der Waals surface area contributed by atoms with Crippen LogP contribution in [0.4, 0.5) is 0 Å². The van der Waals surface area contributed by atoms with Gasteiger partial charge < -0.3 is 10.1 Å². The summed E-state index contributed by atoms with van der Waals surface area (Å²) in [5.41, 5.74) is 1.17. The van der Waals surface area contributed by atoms with Crippen LogP contribution in [-0.4, -0.2) is 22.3 Å². The van der Waals surface area contributed by atoms with Crippen LogP contribution < -0.4 is 5.56 Å². The van der Waals surface area contributed by atoms with E-state index in [0.717, 1.165) is 6.42 Å². The Morgan fingerprint density at radius 1 is 1.39 bits per heavy atom. The number of rotatable bonds is 3. The first-order valence-corrected chi connectivity index (χ1v) is 6.00. The maximum Gasteiger partial charge on any atom is 0.261 e. The van der Waals surface area contributed by atoms with Crippen LogP contribution in [0.1, 0.15) is 25.8 Å². The second-order valence-electron chi connectivity index (χ2n) is 4.19. The SMILES string of the molecule is CCCN=C(C)c1c(O)c2ccccc2[nH]c1=O. The van der Waals surface area contributed by atoms with E-state index in [9.17, 15) is 9.90 Å². The van der Waals surface area contributed by atoms with Crippen LogP contribution in [-0.2, 0) is 0 Å². The molecule has 2 rings (SSSR count). The first kappa shape index (κ1) is 12.4. The van der Waals surface area contributed by atoms with Crippen molar-refractivity contribution in [3.8, 4) is 5.75 Å². The van der Waals surface area contributed by atoms with Crippen molar-refractivity contribution in [2.75, 3.05) is 6.54 Å². The average molecular weight is 244 g/mol. The van der Waals surface area contributed by atoms with Gasteiger partial charge in [0.1, 0.15) is 11.3 Å². The highest BCUT2D eigenvalue weighted by Crippen LogP contribution is 2.24. The number of pyridine rings is 1. The standard InChI is InChI=1S/C14H16N2O2/c1-3-8-15-9(2)12-13(17)10-6-4-5-7-11(10)16-14(12)18/h4-7H,3,8H2,1-2H3,(H2,16,17,18). The van der Waals surface area contributed by atoms with Crippen molar-refractivity contribution in [1.82, 2.24) is 4.98 Å². The Hall–Kier alpha value is -2.10. The largest absolute Gasteiger partial charge is 0.506 e. The molecule has 2 N–H and O–H groups in total. The minimum atomic E-state index is -0.302. The van der Waals surface area contributed by atoms with Crippen molar-refractivity contribution >= 4 is 16.6 Å². The van der Waals surface area contributed by atoms with Gasteiger partial charge in [-0.1, -0.05) is 19.1 Å². The summed E-state index contributed by atoms with van der Waals surface area (Å²) in [7, 11) is 0. The molecule has 0 unspecified atom stereocenters. The third-order valence-corrected chi connectivity index (χ3v) is 2.83. The number of aromatic amines is 1. The van der Waals surface area contributed by atoms with E-state index in [1.807, 2.05) is 19.1 Å². The number of hydrogen-bond acceptors (Lipinski definition) is 3. The molecule has 0 saturated heterocycles. The van der Waals surface area contributed by atoms with Gasteiger partial charge in [0.05, 0.1) is 5.52 Å². The molecule has 0 bridgehead atoms. The Balaban J connectivity index is 2.68. The van der Waals surface area contributed by atoms with Gasteiger partial charge in [-0.3, -0.25) is 9.79 Å². The van der Waals surface area contributed by atoms with Gasteiger partial charge in [-0.25, -0.2) is 0 Å². The van der Waals surface area contributed by atoms with Gasteiger partial charge in [0, 0.05) is 17.6 Å². The van der Waals surface area contributed by atoms with Gasteiger partial charge in [-0.15, -0.1) is 0 Å². The van der Waals surface area contributed by atoms with Crippen LogP contribution >= 0.6 is 0 Å². The average Bonchev–Trinajstić information content (AvgIpc) is 2.36. The zero-order valence-corrected chi connectivity index (χ0v) is 10.5. The van der Waals surface area contributed by atoms with Gasteiger partial charge in [0.25, 0.3) is 5.56 Å². The molecule has 1 aromatic heterocycles. The summed E-state index contributed by atoms with van der Waals surface area (Å²) in [6.45, 7) is 4.41. The molecule has 2 aromatic rings. The Morgan fingerprint density at radius 2 is 2.11 bits per heavy atom. The van der Waals surface area contributed by atoms with Crippen molar-refractivity contribution in [2.45, 2.75) is 20.3 Å². The van der Waals surface area contributed by atoms with Crippen molar-refractivity contribution in [3.05, 3.63) is 40.2 Å². The van der Waals surface area contributed by atoms with E-state index in [0.29, 0.717) is 23.2 Å². The van der Waals surface area contributed by atoms with Crippen LogP contribution in [0.25, 0.3) is 10.9 Å². The number of aromatic hydroxyl groups is 1. The van der Waals surface area contributed by atoms with Gasteiger partial charge in [0.2, 0.25) is 0 Å². The Bertz CT molecular complexity index is 656. The van der Waals surface area contributed by atoms with Crippen LogP contribution in [0.3, 0.4) is 0 Å². The lowest BCUT2D eigenvalue weighted by Gasteiger charge is -2.07. The third-order valence-electron chi connectivity index (χ3n) is 2.83. The molecule has 18 heavy (non-hydrogen) atoms. The normalized spacial score (nSPS) is 12.0. The van der Waals surface area contributed by atoms with E-state index in [1.54, 1.807) is 19.1 Å². The second kappa shape index (κ2) is 5.04. The topological polar surface area (TPSA) is 65.5 Å². The molecule has 1 heterocycles. The molecule has 0 radical (unpaired) electrons.